The van der Waals surface area contributed by atoms with Gasteiger partial charge in [-0.3, -0.25) is 4.98 Å². The van der Waals surface area contributed by atoms with E-state index in [-0.39, 0.29) is 5.82 Å². The summed E-state index contributed by atoms with van der Waals surface area (Å²) in [5.41, 5.74) is 1.48. The molecular weight excluding hydrogens is 269 g/mol. The minimum absolute atomic E-state index is 0.331. The number of halogens is 1. The second-order valence-electron chi connectivity index (χ2n) is 4.69. The molecule has 0 saturated heterocycles. The lowest BCUT2D eigenvalue weighted by Gasteiger charge is -2.13. The number of nitrogens with zero attached hydrogens (tertiary/aromatic N) is 3. The Morgan fingerprint density at radius 2 is 1.86 bits per heavy atom. The van der Waals surface area contributed by atoms with Crippen LogP contribution in [0, 0.1) is 5.82 Å². The first-order chi connectivity index (χ1) is 10.2. The van der Waals surface area contributed by atoms with Gasteiger partial charge in [0.05, 0.1) is 12.2 Å². The zero-order chi connectivity index (χ0) is 14.7. The molecule has 0 spiro atoms. The van der Waals surface area contributed by atoms with Gasteiger partial charge in [-0.2, -0.15) is 0 Å². The molecule has 0 saturated carbocycles. The van der Waals surface area contributed by atoms with Crippen LogP contribution in [0.25, 0.3) is 0 Å². The SMILES string of the molecule is O[C@@H](c1ccc(F)cc1)c1nccn1Cc1ccccn1. The van der Waals surface area contributed by atoms with E-state index in [2.05, 4.69) is 9.97 Å². The smallest absolute Gasteiger partial charge is 0.142 e. The fourth-order valence-corrected chi connectivity index (χ4v) is 2.16. The van der Waals surface area contributed by atoms with E-state index in [4.69, 9.17) is 0 Å². The molecule has 5 heteroatoms. The molecule has 2 aromatic heterocycles. The number of hydrogen-bond donors (Lipinski definition) is 1. The molecule has 0 aliphatic carbocycles. The number of hydrogen-bond acceptors (Lipinski definition) is 3. The van der Waals surface area contributed by atoms with Crippen LogP contribution in [-0.4, -0.2) is 19.6 Å². The Bertz CT molecular complexity index is 710. The maximum Gasteiger partial charge on any atom is 0.142 e. The van der Waals surface area contributed by atoms with E-state index < -0.39 is 6.10 Å². The highest BCUT2D eigenvalue weighted by Gasteiger charge is 2.16. The van der Waals surface area contributed by atoms with Crippen LogP contribution in [0.5, 0.6) is 0 Å². The molecule has 0 unspecified atom stereocenters. The second-order valence-corrected chi connectivity index (χ2v) is 4.69. The number of aliphatic hydroxyl groups excluding tert-OH is 1. The van der Waals surface area contributed by atoms with Crippen LogP contribution in [0.1, 0.15) is 23.2 Å². The van der Waals surface area contributed by atoms with Gasteiger partial charge >= 0.3 is 0 Å². The van der Waals surface area contributed by atoms with Crippen molar-refractivity contribution in [3.8, 4) is 0 Å². The monoisotopic (exact) mass is 283 g/mol. The lowest BCUT2D eigenvalue weighted by Crippen LogP contribution is -2.11. The molecule has 21 heavy (non-hydrogen) atoms. The van der Waals surface area contributed by atoms with Crippen LogP contribution >= 0.6 is 0 Å². The molecule has 0 fully saturated rings. The molecule has 0 bridgehead atoms. The Kier molecular flexibility index (Phi) is 3.75. The van der Waals surface area contributed by atoms with Crippen molar-refractivity contribution in [2.75, 3.05) is 0 Å². The summed E-state index contributed by atoms with van der Waals surface area (Å²) >= 11 is 0. The maximum absolute atomic E-state index is 12.9. The van der Waals surface area contributed by atoms with Crippen LogP contribution in [0.15, 0.2) is 61.1 Å². The first-order valence-corrected chi connectivity index (χ1v) is 6.58. The number of aliphatic hydroxyl groups is 1. The maximum atomic E-state index is 12.9. The molecular formula is C16H14FN3O. The van der Waals surface area contributed by atoms with Crippen molar-refractivity contribution in [1.82, 2.24) is 14.5 Å². The van der Waals surface area contributed by atoms with Gasteiger partial charge < -0.3 is 9.67 Å². The number of benzene rings is 1. The van der Waals surface area contributed by atoms with Crippen molar-refractivity contribution in [3.05, 3.63) is 84.0 Å². The van der Waals surface area contributed by atoms with Crippen LogP contribution in [-0.2, 0) is 6.54 Å². The summed E-state index contributed by atoms with van der Waals surface area (Å²) in [5, 5.41) is 10.4. The minimum atomic E-state index is -0.899. The summed E-state index contributed by atoms with van der Waals surface area (Å²) in [6.07, 6.45) is 4.24. The predicted molar refractivity (Wildman–Crippen MR) is 76.0 cm³/mol. The predicted octanol–water partition coefficient (Wildman–Crippen LogP) is 2.55. The average Bonchev–Trinajstić information content (AvgIpc) is 2.96. The van der Waals surface area contributed by atoms with Gasteiger partial charge in [-0.05, 0) is 29.8 Å². The number of aromatic nitrogens is 3. The fraction of sp³-hybridized carbons (Fsp3) is 0.125. The van der Waals surface area contributed by atoms with Gasteiger partial charge in [-0.25, -0.2) is 9.37 Å². The summed E-state index contributed by atoms with van der Waals surface area (Å²) < 4.78 is 14.8. The summed E-state index contributed by atoms with van der Waals surface area (Å²) in [4.78, 5) is 8.46. The fourth-order valence-electron chi connectivity index (χ4n) is 2.16. The molecule has 0 aliphatic rings. The van der Waals surface area contributed by atoms with Crippen LogP contribution in [0.2, 0.25) is 0 Å². The third kappa shape index (κ3) is 2.98. The van der Waals surface area contributed by atoms with Crippen molar-refractivity contribution in [3.63, 3.8) is 0 Å². The normalized spacial score (nSPS) is 12.3. The molecule has 4 nitrogen and oxygen atoms in total. The van der Waals surface area contributed by atoms with E-state index in [9.17, 15) is 9.50 Å². The molecule has 0 aliphatic heterocycles. The molecule has 106 valence electrons. The average molecular weight is 283 g/mol. The molecule has 1 N–H and O–H groups in total. The molecule has 0 radical (unpaired) electrons. The standard InChI is InChI=1S/C16H14FN3O/c17-13-6-4-12(5-7-13)15(21)16-19-9-10-20(16)11-14-3-1-2-8-18-14/h1-10,15,21H,11H2/t15-/m0/s1. The van der Waals surface area contributed by atoms with Crippen molar-refractivity contribution < 1.29 is 9.50 Å². The molecule has 1 aromatic carbocycles. The van der Waals surface area contributed by atoms with Gasteiger partial charge in [0, 0.05) is 18.6 Å². The van der Waals surface area contributed by atoms with Crippen LogP contribution in [0.4, 0.5) is 4.39 Å². The molecule has 3 aromatic rings. The van der Waals surface area contributed by atoms with Crippen molar-refractivity contribution >= 4 is 0 Å². The first kappa shape index (κ1) is 13.5. The van der Waals surface area contributed by atoms with Crippen LogP contribution < -0.4 is 0 Å². The van der Waals surface area contributed by atoms with Gasteiger partial charge in [0.25, 0.3) is 0 Å². The number of imidazole rings is 1. The highest BCUT2D eigenvalue weighted by atomic mass is 19.1. The van der Waals surface area contributed by atoms with E-state index in [1.54, 1.807) is 30.7 Å². The van der Waals surface area contributed by atoms with E-state index in [1.165, 1.54) is 12.1 Å². The number of pyridine rings is 1. The lowest BCUT2D eigenvalue weighted by molar-refractivity contribution is 0.205. The molecule has 1 atom stereocenters. The van der Waals surface area contributed by atoms with Crippen molar-refractivity contribution in [2.24, 2.45) is 0 Å². The summed E-state index contributed by atoms with van der Waals surface area (Å²) in [7, 11) is 0. The quantitative estimate of drug-likeness (QED) is 0.800. The van der Waals surface area contributed by atoms with Crippen LogP contribution in [0.3, 0.4) is 0 Å². The molecule has 2 heterocycles. The lowest BCUT2D eigenvalue weighted by atomic mass is 10.1. The van der Waals surface area contributed by atoms with E-state index >= 15 is 0 Å². The van der Waals surface area contributed by atoms with Crippen molar-refractivity contribution in [1.29, 1.82) is 0 Å². The highest BCUT2D eigenvalue weighted by molar-refractivity contribution is 5.24. The third-order valence-corrected chi connectivity index (χ3v) is 3.24. The van der Waals surface area contributed by atoms with E-state index in [1.807, 2.05) is 22.8 Å². The van der Waals surface area contributed by atoms with Gasteiger partial charge in [-0.15, -0.1) is 0 Å². The Morgan fingerprint density at radius 1 is 1.05 bits per heavy atom. The Balaban J connectivity index is 1.86. The van der Waals surface area contributed by atoms with Crippen molar-refractivity contribution in [2.45, 2.75) is 12.6 Å². The number of rotatable bonds is 4. The van der Waals surface area contributed by atoms with Gasteiger partial charge in [0.2, 0.25) is 0 Å². The van der Waals surface area contributed by atoms with Gasteiger partial charge in [-0.1, -0.05) is 18.2 Å². The largest absolute Gasteiger partial charge is 0.380 e. The zero-order valence-corrected chi connectivity index (χ0v) is 11.2. The summed E-state index contributed by atoms with van der Waals surface area (Å²) in [5.74, 6) is 0.176. The summed E-state index contributed by atoms with van der Waals surface area (Å²) in [6, 6.07) is 11.4. The highest BCUT2D eigenvalue weighted by Crippen LogP contribution is 2.21. The Morgan fingerprint density at radius 3 is 2.57 bits per heavy atom. The van der Waals surface area contributed by atoms with Gasteiger partial charge in [0.15, 0.2) is 0 Å². The zero-order valence-electron chi connectivity index (χ0n) is 11.2. The molecule has 3 rings (SSSR count). The van der Waals surface area contributed by atoms with E-state index in [0.29, 0.717) is 17.9 Å². The Hall–Kier alpha value is -2.53. The third-order valence-electron chi connectivity index (χ3n) is 3.24. The minimum Gasteiger partial charge on any atom is -0.380 e. The summed E-state index contributed by atoms with van der Waals surface area (Å²) in [6.45, 7) is 0.522. The van der Waals surface area contributed by atoms with Gasteiger partial charge in [0.1, 0.15) is 17.7 Å². The van der Waals surface area contributed by atoms with E-state index in [0.717, 1.165) is 5.69 Å². The second kappa shape index (κ2) is 5.85. The topological polar surface area (TPSA) is 50.9 Å². The Labute approximate surface area is 121 Å². The first-order valence-electron chi connectivity index (χ1n) is 6.58. The molecule has 0 amide bonds.